The van der Waals surface area contributed by atoms with Crippen molar-refractivity contribution in [3.8, 4) is 0 Å². The Balaban J connectivity index is 2.39. The molecule has 1 heterocycles. The highest BCUT2D eigenvalue weighted by atomic mass is 35.5. The molecule has 1 aromatic carbocycles. The molecule has 1 atom stereocenters. The number of likely N-dealkylation sites (N-methyl/N-ethyl adjacent to an activating group) is 1. The van der Waals surface area contributed by atoms with Gasteiger partial charge < -0.3 is 15.5 Å². The van der Waals surface area contributed by atoms with E-state index in [0.29, 0.717) is 11.6 Å². The summed E-state index contributed by atoms with van der Waals surface area (Å²) in [5, 5.41) is 0.644. The summed E-state index contributed by atoms with van der Waals surface area (Å²) in [5.41, 5.74) is 7.17. The number of carbonyl (C=O) groups is 1. The maximum absolute atomic E-state index is 12.3. The summed E-state index contributed by atoms with van der Waals surface area (Å²) in [6.45, 7) is 7.26. The number of benzene rings is 1. The van der Waals surface area contributed by atoms with E-state index in [-0.39, 0.29) is 11.9 Å². The van der Waals surface area contributed by atoms with E-state index < -0.39 is 5.54 Å². The largest absolute Gasteiger partial charge is 0.355 e. The van der Waals surface area contributed by atoms with E-state index in [1.165, 1.54) is 0 Å². The van der Waals surface area contributed by atoms with E-state index in [4.69, 9.17) is 17.3 Å². The number of nitrogens with two attached hydrogens (primary N) is 1. The van der Waals surface area contributed by atoms with Crippen LogP contribution in [0.3, 0.4) is 0 Å². The summed E-state index contributed by atoms with van der Waals surface area (Å²) in [4.78, 5) is 16.2. The average molecular weight is 296 g/mol. The Morgan fingerprint density at radius 2 is 2.00 bits per heavy atom. The smallest absolute Gasteiger partial charge is 0.247 e. The van der Waals surface area contributed by atoms with Crippen LogP contribution in [0.5, 0.6) is 0 Å². The zero-order valence-corrected chi connectivity index (χ0v) is 13.2. The quantitative estimate of drug-likeness (QED) is 0.911. The van der Waals surface area contributed by atoms with Crippen LogP contribution in [0.1, 0.15) is 32.4 Å². The molecule has 0 aromatic heterocycles. The van der Waals surface area contributed by atoms with Gasteiger partial charge in [-0.1, -0.05) is 17.7 Å². The van der Waals surface area contributed by atoms with E-state index >= 15 is 0 Å². The molecule has 1 aliphatic rings. The Labute approximate surface area is 125 Å². The normalized spacial score (nSPS) is 20.2. The van der Waals surface area contributed by atoms with Crippen molar-refractivity contribution in [2.75, 3.05) is 25.0 Å². The number of hydrogen-bond acceptors (Lipinski definition) is 3. The minimum absolute atomic E-state index is 0.0521. The molecule has 110 valence electrons. The molecular weight excluding hydrogens is 274 g/mol. The van der Waals surface area contributed by atoms with Crippen molar-refractivity contribution in [2.45, 2.75) is 32.4 Å². The number of hydrogen-bond donors (Lipinski definition) is 1. The summed E-state index contributed by atoms with van der Waals surface area (Å²) >= 11 is 6.40. The van der Waals surface area contributed by atoms with Crippen LogP contribution in [-0.4, -0.2) is 36.5 Å². The molecular formula is C15H22ClN3O. The van der Waals surface area contributed by atoms with Crippen molar-refractivity contribution < 1.29 is 4.79 Å². The Kier molecular flexibility index (Phi) is 3.98. The SMILES string of the molecule is CC(N)c1ccc(N2CCN(C)C(=O)C2(C)C)c(Cl)c1. The molecule has 1 amide bonds. The van der Waals surface area contributed by atoms with Gasteiger partial charge >= 0.3 is 0 Å². The van der Waals surface area contributed by atoms with Gasteiger partial charge in [-0.25, -0.2) is 0 Å². The first kappa shape index (κ1) is 15.1. The van der Waals surface area contributed by atoms with Crippen molar-refractivity contribution in [1.29, 1.82) is 0 Å². The lowest BCUT2D eigenvalue weighted by molar-refractivity contribution is -0.136. The van der Waals surface area contributed by atoms with Gasteiger partial charge in [0.05, 0.1) is 10.7 Å². The van der Waals surface area contributed by atoms with Gasteiger partial charge in [0.25, 0.3) is 0 Å². The molecule has 2 rings (SSSR count). The lowest BCUT2D eigenvalue weighted by Crippen LogP contribution is -2.62. The first-order chi connectivity index (χ1) is 9.25. The van der Waals surface area contributed by atoms with Gasteiger partial charge in [0.2, 0.25) is 5.91 Å². The van der Waals surface area contributed by atoms with Gasteiger partial charge in [-0.05, 0) is 38.5 Å². The van der Waals surface area contributed by atoms with Crippen LogP contribution in [0.25, 0.3) is 0 Å². The summed E-state index contributed by atoms with van der Waals surface area (Å²) in [6, 6.07) is 5.77. The molecule has 1 aliphatic heterocycles. The van der Waals surface area contributed by atoms with Crippen LogP contribution < -0.4 is 10.6 Å². The highest BCUT2D eigenvalue weighted by Crippen LogP contribution is 2.35. The van der Waals surface area contributed by atoms with Gasteiger partial charge in [-0.3, -0.25) is 4.79 Å². The third kappa shape index (κ3) is 2.50. The maximum atomic E-state index is 12.3. The second-order valence-electron chi connectivity index (χ2n) is 5.94. The number of amides is 1. The number of piperazine rings is 1. The predicted molar refractivity (Wildman–Crippen MR) is 83.1 cm³/mol. The fourth-order valence-electron chi connectivity index (χ4n) is 2.66. The first-order valence-corrected chi connectivity index (χ1v) is 7.21. The minimum atomic E-state index is -0.591. The Morgan fingerprint density at radius 3 is 2.55 bits per heavy atom. The lowest BCUT2D eigenvalue weighted by Gasteiger charge is -2.46. The second kappa shape index (κ2) is 5.26. The van der Waals surface area contributed by atoms with E-state index in [1.54, 1.807) is 4.90 Å². The number of carbonyl (C=O) groups excluding carboxylic acids is 1. The molecule has 0 radical (unpaired) electrons. The van der Waals surface area contributed by atoms with Gasteiger partial charge in [0.1, 0.15) is 5.54 Å². The zero-order valence-electron chi connectivity index (χ0n) is 12.5. The molecule has 0 aliphatic carbocycles. The third-order valence-corrected chi connectivity index (χ3v) is 4.29. The van der Waals surface area contributed by atoms with Crippen molar-refractivity contribution in [2.24, 2.45) is 5.73 Å². The van der Waals surface area contributed by atoms with Crippen LogP contribution in [0.2, 0.25) is 5.02 Å². The Bertz CT molecular complexity index is 528. The number of halogens is 1. The summed E-state index contributed by atoms with van der Waals surface area (Å²) in [7, 11) is 1.84. The fourth-order valence-corrected chi connectivity index (χ4v) is 2.95. The standard InChI is InChI=1S/C15H22ClN3O/c1-10(17)11-5-6-13(12(16)9-11)19-8-7-18(4)14(20)15(19,2)3/h5-6,9-10H,7-8,17H2,1-4H3. The van der Waals surface area contributed by atoms with Crippen LogP contribution in [-0.2, 0) is 4.79 Å². The van der Waals surface area contributed by atoms with Crippen LogP contribution >= 0.6 is 11.6 Å². The molecule has 1 saturated heterocycles. The molecule has 1 fully saturated rings. The molecule has 0 saturated carbocycles. The van der Waals surface area contributed by atoms with Crippen molar-refractivity contribution >= 4 is 23.2 Å². The van der Waals surface area contributed by atoms with Crippen molar-refractivity contribution in [3.63, 3.8) is 0 Å². The highest BCUT2D eigenvalue weighted by Gasteiger charge is 2.41. The Morgan fingerprint density at radius 1 is 1.35 bits per heavy atom. The van der Waals surface area contributed by atoms with E-state index in [2.05, 4.69) is 4.90 Å². The molecule has 2 N–H and O–H groups in total. The van der Waals surface area contributed by atoms with Crippen LogP contribution in [0.4, 0.5) is 5.69 Å². The minimum Gasteiger partial charge on any atom is -0.355 e. The van der Waals surface area contributed by atoms with E-state index in [1.807, 2.05) is 46.0 Å². The second-order valence-corrected chi connectivity index (χ2v) is 6.34. The summed E-state index contributed by atoms with van der Waals surface area (Å²) < 4.78 is 0. The van der Waals surface area contributed by atoms with Gasteiger partial charge in [-0.15, -0.1) is 0 Å². The molecule has 1 aromatic rings. The molecule has 0 bridgehead atoms. The monoisotopic (exact) mass is 295 g/mol. The number of anilines is 1. The summed E-state index contributed by atoms with van der Waals surface area (Å²) in [6.07, 6.45) is 0. The molecule has 0 spiro atoms. The van der Waals surface area contributed by atoms with Crippen LogP contribution in [0.15, 0.2) is 18.2 Å². The number of nitrogens with zero attached hydrogens (tertiary/aromatic N) is 2. The molecule has 5 heteroatoms. The molecule has 20 heavy (non-hydrogen) atoms. The number of rotatable bonds is 2. The fraction of sp³-hybridized carbons (Fsp3) is 0.533. The first-order valence-electron chi connectivity index (χ1n) is 6.83. The average Bonchev–Trinajstić information content (AvgIpc) is 2.37. The van der Waals surface area contributed by atoms with E-state index in [0.717, 1.165) is 17.8 Å². The zero-order chi connectivity index (χ0) is 15.1. The topological polar surface area (TPSA) is 49.6 Å². The van der Waals surface area contributed by atoms with Gasteiger partial charge in [0, 0.05) is 26.2 Å². The van der Waals surface area contributed by atoms with Gasteiger partial charge in [0.15, 0.2) is 0 Å². The highest BCUT2D eigenvalue weighted by molar-refractivity contribution is 6.33. The van der Waals surface area contributed by atoms with E-state index in [9.17, 15) is 4.79 Å². The van der Waals surface area contributed by atoms with Crippen LogP contribution in [0, 0.1) is 0 Å². The van der Waals surface area contributed by atoms with Crippen molar-refractivity contribution in [3.05, 3.63) is 28.8 Å². The summed E-state index contributed by atoms with van der Waals surface area (Å²) in [5.74, 6) is 0.107. The lowest BCUT2D eigenvalue weighted by atomic mass is 9.96. The van der Waals surface area contributed by atoms with Gasteiger partial charge in [-0.2, -0.15) is 0 Å². The maximum Gasteiger partial charge on any atom is 0.247 e. The molecule has 1 unspecified atom stereocenters. The third-order valence-electron chi connectivity index (χ3n) is 3.99. The molecule has 4 nitrogen and oxygen atoms in total. The van der Waals surface area contributed by atoms with Crippen molar-refractivity contribution in [1.82, 2.24) is 4.90 Å². The Hall–Kier alpha value is -1.26. The predicted octanol–water partition coefficient (Wildman–Crippen LogP) is 2.42.